The molecule has 1 amide bonds. The van der Waals surface area contributed by atoms with Crippen LogP contribution in [-0.4, -0.2) is 22.3 Å². The molecule has 1 aliphatic heterocycles. The summed E-state index contributed by atoms with van der Waals surface area (Å²) in [5.41, 5.74) is 2.84. The van der Waals surface area contributed by atoms with Crippen molar-refractivity contribution in [3.05, 3.63) is 39.2 Å². The van der Waals surface area contributed by atoms with Crippen LogP contribution in [0.5, 0.6) is 5.75 Å². The molecule has 6 heteroatoms. The Hall–Kier alpha value is -1.57. The first-order valence-electron chi connectivity index (χ1n) is 6.84. The Labute approximate surface area is 137 Å². The average Bonchev–Trinajstić information content (AvgIpc) is 2.82. The number of anilines is 1. The van der Waals surface area contributed by atoms with Crippen LogP contribution >= 0.6 is 22.6 Å². The van der Waals surface area contributed by atoms with Crippen LogP contribution in [-0.2, 0) is 17.9 Å². The molecule has 1 aromatic heterocycles. The van der Waals surface area contributed by atoms with E-state index in [0.717, 1.165) is 32.9 Å². The summed E-state index contributed by atoms with van der Waals surface area (Å²) >= 11 is 2.24. The Balaban J connectivity index is 1.98. The summed E-state index contributed by atoms with van der Waals surface area (Å²) in [7, 11) is 0. The SMILES string of the molecule is CCn1nc(C)cc1CN1C(=O)COc2ccc(I)cc21. The molecule has 0 atom stereocenters. The van der Waals surface area contributed by atoms with E-state index < -0.39 is 0 Å². The van der Waals surface area contributed by atoms with Gasteiger partial charge in [-0.3, -0.25) is 14.4 Å². The van der Waals surface area contributed by atoms with Crippen molar-refractivity contribution in [2.45, 2.75) is 26.9 Å². The molecule has 0 radical (unpaired) electrons. The summed E-state index contributed by atoms with van der Waals surface area (Å²) in [6, 6.07) is 7.90. The molecule has 5 nitrogen and oxygen atoms in total. The molecule has 3 rings (SSSR count). The largest absolute Gasteiger partial charge is 0.482 e. The number of hydrogen-bond acceptors (Lipinski definition) is 3. The van der Waals surface area contributed by atoms with Gasteiger partial charge >= 0.3 is 0 Å². The van der Waals surface area contributed by atoms with Gasteiger partial charge in [0.15, 0.2) is 6.61 Å². The number of benzene rings is 1. The quantitative estimate of drug-likeness (QED) is 0.749. The van der Waals surface area contributed by atoms with Gasteiger partial charge in [0.1, 0.15) is 5.75 Å². The van der Waals surface area contributed by atoms with Gasteiger partial charge < -0.3 is 4.74 Å². The number of carbonyl (C=O) groups excluding carboxylic acids is 1. The second-order valence-electron chi connectivity index (χ2n) is 4.97. The molecule has 0 aliphatic carbocycles. The van der Waals surface area contributed by atoms with E-state index in [1.807, 2.05) is 42.8 Å². The third kappa shape index (κ3) is 2.76. The van der Waals surface area contributed by atoms with Crippen LogP contribution in [0.1, 0.15) is 18.3 Å². The summed E-state index contributed by atoms with van der Waals surface area (Å²) in [4.78, 5) is 14.0. The predicted molar refractivity (Wildman–Crippen MR) is 88.5 cm³/mol. The molecule has 0 bridgehead atoms. The zero-order valence-electron chi connectivity index (χ0n) is 12.0. The lowest BCUT2D eigenvalue weighted by Crippen LogP contribution is -2.38. The molecule has 0 N–H and O–H groups in total. The first-order chi connectivity index (χ1) is 10.1. The molecule has 0 saturated carbocycles. The van der Waals surface area contributed by atoms with Crippen molar-refractivity contribution in [1.29, 1.82) is 0 Å². The lowest BCUT2D eigenvalue weighted by molar-refractivity contribution is -0.121. The number of fused-ring (bicyclic) bond motifs is 1. The number of rotatable bonds is 3. The van der Waals surface area contributed by atoms with Crippen LogP contribution in [0.15, 0.2) is 24.3 Å². The number of amides is 1. The summed E-state index contributed by atoms with van der Waals surface area (Å²) in [5.74, 6) is 0.736. The highest BCUT2D eigenvalue weighted by Crippen LogP contribution is 2.34. The standard InChI is InChI=1S/C15H16IN3O2/c1-3-19-12(6-10(2)17-19)8-18-13-7-11(16)4-5-14(13)21-9-15(18)20/h4-7H,3,8-9H2,1-2H3. The zero-order chi connectivity index (χ0) is 15.0. The van der Waals surface area contributed by atoms with Crippen molar-refractivity contribution in [2.24, 2.45) is 0 Å². The lowest BCUT2D eigenvalue weighted by atomic mass is 10.2. The highest BCUT2D eigenvalue weighted by Gasteiger charge is 2.26. The minimum absolute atomic E-state index is 0.0222. The number of aromatic nitrogens is 2. The Kier molecular flexibility index (Phi) is 3.88. The highest BCUT2D eigenvalue weighted by atomic mass is 127. The topological polar surface area (TPSA) is 47.4 Å². The van der Waals surface area contributed by atoms with E-state index in [1.54, 1.807) is 4.90 Å². The van der Waals surface area contributed by atoms with Gasteiger partial charge in [0, 0.05) is 10.1 Å². The molecule has 0 fully saturated rings. The fraction of sp³-hybridized carbons (Fsp3) is 0.333. The molecule has 2 heterocycles. The Morgan fingerprint density at radius 2 is 2.19 bits per heavy atom. The molecule has 0 spiro atoms. The molecule has 2 aromatic rings. The van der Waals surface area contributed by atoms with Gasteiger partial charge in [-0.2, -0.15) is 5.10 Å². The van der Waals surface area contributed by atoms with Gasteiger partial charge in [0.25, 0.3) is 5.91 Å². The van der Waals surface area contributed by atoms with E-state index in [0.29, 0.717) is 6.54 Å². The van der Waals surface area contributed by atoms with Crippen molar-refractivity contribution in [3.8, 4) is 5.75 Å². The fourth-order valence-corrected chi connectivity index (χ4v) is 2.99. The molecule has 21 heavy (non-hydrogen) atoms. The molecule has 0 saturated heterocycles. The van der Waals surface area contributed by atoms with E-state index >= 15 is 0 Å². The predicted octanol–water partition coefficient (Wildman–Crippen LogP) is 2.74. The summed E-state index contributed by atoms with van der Waals surface area (Å²) in [6.45, 7) is 5.42. The Morgan fingerprint density at radius 3 is 2.95 bits per heavy atom. The maximum Gasteiger partial charge on any atom is 0.265 e. The molecule has 0 unspecified atom stereocenters. The number of aryl methyl sites for hydroxylation is 2. The van der Waals surface area contributed by atoms with E-state index in [2.05, 4.69) is 27.7 Å². The second kappa shape index (κ2) is 5.67. The van der Waals surface area contributed by atoms with Crippen molar-refractivity contribution in [3.63, 3.8) is 0 Å². The molecule has 110 valence electrons. The second-order valence-corrected chi connectivity index (χ2v) is 6.22. The minimum Gasteiger partial charge on any atom is -0.482 e. The monoisotopic (exact) mass is 397 g/mol. The van der Waals surface area contributed by atoms with E-state index in [4.69, 9.17) is 4.74 Å². The highest BCUT2D eigenvalue weighted by molar-refractivity contribution is 14.1. The van der Waals surface area contributed by atoms with E-state index in [-0.39, 0.29) is 12.5 Å². The van der Waals surface area contributed by atoms with Crippen molar-refractivity contribution in [1.82, 2.24) is 9.78 Å². The van der Waals surface area contributed by atoms with Crippen LogP contribution in [0.4, 0.5) is 5.69 Å². The number of halogens is 1. The van der Waals surface area contributed by atoms with Gasteiger partial charge in [-0.25, -0.2) is 0 Å². The third-order valence-electron chi connectivity index (χ3n) is 3.47. The van der Waals surface area contributed by atoms with Crippen LogP contribution in [0.25, 0.3) is 0 Å². The number of carbonyl (C=O) groups is 1. The fourth-order valence-electron chi connectivity index (χ4n) is 2.51. The molecule has 1 aliphatic rings. The van der Waals surface area contributed by atoms with Crippen LogP contribution in [0, 0.1) is 10.5 Å². The summed E-state index contributed by atoms with van der Waals surface area (Å²) < 4.78 is 8.52. The smallest absolute Gasteiger partial charge is 0.265 e. The number of ether oxygens (including phenoxy) is 1. The minimum atomic E-state index is -0.0222. The van der Waals surface area contributed by atoms with Gasteiger partial charge in [-0.05, 0) is 60.7 Å². The Morgan fingerprint density at radius 1 is 1.38 bits per heavy atom. The number of hydrogen-bond donors (Lipinski definition) is 0. The van der Waals surface area contributed by atoms with Crippen molar-refractivity contribution < 1.29 is 9.53 Å². The lowest BCUT2D eigenvalue weighted by Gasteiger charge is -2.29. The first-order valence-corrected chi connectivity index (χ1v) is 7.92. The Bertz CT molecular complexity index is 696. The van der Waals surface area contributed by atoms with Crippen molar-refractivity contribution >= 4 is 34.2 Å². The zero-order valence-corrected chi connectivity index (χ0v) is 14.1. The van der Waals surface area contributed by atoms with Crippen LogP contribution in [0.2, 0.25) is 0 Å². The molecule has 1 aromatic carbocycles. The van der Waals surface area contributed by atoms with Gasteiger partial charge in [0.2, 0.25) is 0 Å². The number of nitrogens with zero attached hydrogens (tertiary/aromatic N) is 3. The van der Waals surface area contributed by atoms with Gasteiger partial charge in [-0.15, -0.1) is 0 Å². The van der Waals surface area contributed by atoms with Crippen LogP contribution < -0.4 is 9.64 Å². The summed E-state index contributed by atoms with van der Waals surface area (Å²) in [5, 5.41) is 4.44. The maximum absolute atomic E-state index is 12.2. The summed E-state index contributed by atoms with van der Waals surface area (Å²) in [6.07, 6.45) is 0. The molecular weight excluding hydrogens is 381 g/mol. The van der Waals surface area contributed by atoms with Gasteiger partial charge in [0.05, 0.1) is 23.6 Å². The normalized spacial score (nSPS) is 14.0. The average molecular weight is 397 g/mol. The van der Waals surface area contributed by atoms with E-state index in [1.165, 1.54) is 0 Å². The van der Waals surface area contributed by atoms with E-state index in [9.17, 15) is 4.79 Å². The molecular formula is C15H16IN3O2. The third-order valence-corrected chi connectivity index (χ3v) is 4.14. The van der Waals surface area contributed by atoms with Crippen LogP contribution in [0.3, 0.4) is 0 Å². The van der Waals surface area contributed by atoms with Gasteiger partial charge in [-0.1, -0.05) is 0 Å². The van der Waals surface area contributed by atoms with Crippen molar-refractivity contribution in [2.75, 3.05) is 11.5 Å². The first kappa shape index (κ1) is 14.4. The maximum atomic E-state index is 12.2.